The van der Waals surface area contributed by atoms with E-state index in [-0.39, 0.29) is 29.2 Å². The van der Waals surface area contributed by atoms with Gasteiger partial charge in [0.25, 0.3) is 5.69 Å². The molecule has 0 bridgehead atoms. The number of Topliss-reactive ketones (excluding diaryl/α,β-unsaturated/α-hetero) is 1. The van der Waals surface area contributed by atoms with Gasteiger partial charge in [0.15, 0.2) is 5.78 Å². The molecule has 31 heavy (non-hydrogen) atoms. The second-order valence-electron chi connectivity index (χ2n) is 8.73. The van der Waals surface area contributed by atoms with Gasteiger partial charge in [0, 0.05) is 47.2 Å². The number of carbonyl (C=O) groups excluding carboxylic acids is 2. The van der Waals surface area contributed by atoms with Crippen LogP contribution in [0.2, 0.25) is 10.0 Å². The van der Waals surface area contributed by atoms with Gasteiger partial charge in [-0.25, -0.2) is 0 Å². The van der Waals surface area contributed by atoms with Crippen LogP contribution < -0.4 is 4.90 Å². The summed E-state index contributed by atoms with van der Waals surface area (Å²) in [6, 6.07) is 11.0. The Morgan fingerprint density at radius 1 is 1.06 bits per heavy atom. The number of amides is 1. The van der Waals surface area contributed by atoms with Crippen LogP contribution in [0.4, 0.5) is 11.4 Å². The fraction of sp³-hybridized carbons (Fsp3) is 0.304. The fourth-order valence-corrected chi connectivity index (χ4v) is 4.96. The molecule has 1 amide bonds. The van der Waals surface area contributed by atoms with Gasteiger partial charge in [-0.05, 0) is 35.6 Å². The number of anilines is 1. The summed E-state index contributed by atoms with van der Waals surface area (Å²) in [5.74, 6) is -0.650. The first-order valence-corrected chi connectivity index (χ1v) is 10.6. The molecule has 0 fully saturated rings. The topological polar surface area (TPSA) is 80.5 Å². The summed E-state index contributed by atoms with van der Waals surface area (Å²) in [5, 5.41) is 11.8. The zero-order chi connectivity index (χ0) is 22.5. The second kappa shape index (κ2) is 7.77. The predicted molar refractivity (Wildman–Crippen MR) is 119 cm³/mol. The second-order valence-corrected chi connectivity index (χ2v) is 9.58. The van der Waals surface area contributed by atoms with Crippen molar-refractivity contribution in [1.82, 2.24) is 0 Å². The molecule has 0 saturated heterocycles. The van der Waals surface area contributed by atoms with E-state index in [1.165, 1.54) is 12.1 Å². The predicted octanol–water partition coefficient (Wildman–Crippen LogP) is 6.07. The highest BCUT2D eigenvalue weighted by Crippen LogP contribution is 2.49. The number of ketones is 1. The minimum absolute atomic E-state index is 0.0165. The first kappa shape index (κ1) is 21.5. The molecule has 0 saturated carbocycles. The van der Waals surface area contributed by atoms with E-state index in [0.717, 1.165) is 0 Å². The summed E-state index contributed by atoms with van der Waals surface area (Å²) in [7, 11) is 0. The number of hydrogen-bond acceptors (Lipinski definition) is 4. The maximum Gasteiger partial charge on any atom is 0.269 e. The van der Waals surface area contributed by atoms with Gasteiger partial charge >= 0.3 is 0 Å². The molecule has 2 aromatic carbocycles. The van der Waals surface area contributed by atoms with Gasteiger partial charge in [-0.15, -0.1) is 0 Å². The number of non-ortho nitro benzene ring substituents is 1. The number of benzene rings is 2. The molecule has 1 aliphatic heterocycles. The van der Waals surface area contributed by atoms with Crippen molar-refractivity contribution in [2.75, 3.05) is 4.90 Å². The average molecular weight is 459 g/mol. The zero-order valence-electron chi connectivity index (χ0n) is 17.0. The molecule has 1 heterocycles. The van der Waals surface area contributed by atoms with Gasteiger partial charge in [-0.3, -0.25) is 24.6 Å². The largest absolute Gasteiger partial charge is 0.294 e. The molecular weight excluding hydrogens is 439 g/mol. The highest BCUT2D eigenvalue weighted by atomic mass is 35.5. The van der Waals surface area contributed by atoms with Crippen LogP contribution in [0.5, 0.6) is 0 Å². The van der Waals surface area contributed by atoms with Crippen molar-refractivity contribution in [2.24, 2.45) is 5.41 Å². The molecule has 1 aliphatic carbocycles. The third-order valence-corrected chi connectivity index (χ3v) is 6.34. The average Bonchev–Trinajstić information content (AvgIpc) is 2.67. The van der Waals surface area contributed by atoms with E-state index in [0.29, 0.717) is 45.4 Å². The number of hydrogen-bond donors (Lipinski definition) is 0. The molecule has 2 aliphatic rings. The monoisotopic (exact) mass is 458 g/mol. The first-order valence-electron chi connectivity index (χ1n) is 9.86. The number of nitro groups is 1. The Hall–Kier alpha value is -2.70. The normalized spacial score (nSPS) is 20.6. The molecule has 6 nitrogen and oxygen atoms in total. The minimum Gasteiger partial charge on any atom is -0.294 e. The first-order chi connectivity index (χ1) is 14.6. The van der Waals surface area contributed by atoms with E-state index in [1.54, 1.807) is 35.2 Å². The van der Waals surface area contributed by atoms with E-state index in [2.05, 4.69) is 0 Å². The molecule has 1 unspecified atom stereocenters. The van der Waals surface area contributed by atoms with Crippen molar-refractivity contribution >= 4 is 46.3 Å². The molecule has 0 spiro atoms. The summed E-state index contributed by atoms with van der Waals surface area (Å²) in [5.41, 5.74) is 2.08. The highest BCUT2D eigenvalue weighted by Gasteiger charge is 2.44. The quantitative estimate of drug-likeness (QED) is 0.413. The van der Waals surface area contributed by atoms with Gasteiger partial charge in [0.1, 0.15) is 0 Å². The highest BCUT2D eigenvalue weighted by molar-refractivity contribution is 6.37. The van der Waals surface area contributed by atoms with E-state index in [9.17, 15) is 19.7 Å². The molecule has 0 aromatic heterocycles. The maximum atomic E-state index is 13.3. The van der Waals surface area contributed by atoms with Crippen molar-refractivity contribution in [3.05, 3.63) is 79.5 Å². The molecule has 0 N–H and O–H groups in total. The summed E-state index contributed by atoms with van der Waals surface area (Å²) < 4.78 is 0. The Kier molecular flexibility index (Phi) is 5.40. The van der Waals surface area contributed by atoms with Crippen LogP contribution in [0.15, 0.2) is 53.7 Å². The van der Waals surface area contributed by atoms with Crippen molar-refractivity contribution < 1.29 is 14.5 Å². The Bertz CT molecular complexity index is 1140. The van der Waals surface area contributed by atoms with Crippen LogP contribution in [-0.4, -0.2) is 16.6 Å². The van der Waals surface area contributed by atoms with Crippen LogP contribution in [-0.2, 0) is 9.59 Å². The van der Waals surface area contributed by atoms with Crippen molar-refractivity contribution in [2.45, 2.75) is 39.0 Å². The summed E-state index contributed by atoms with van der Waals surface area (Å²) in [4.78, 5) is 38.7. The van der Waals surface area contributed by atoms with Crippen molar-refractivity contribution in [3.8, 4) is 0 Å². The lowest BCUT2D eigenvalue weighted by molar-refractivity contribution is -0.384. The fourth-order valence-electron chi connectivity index (χ4n) is 4.47. The Balaban J connectivity index is 1.88. The SMILES string of the molecule is CC1(C)CC(=O)C2=C(C1)N(c1ccc(Cl)cc1Cl)C(=O)CC2c1ccc([N+](=O)[O-])cc1. The number of halogens is 2. The van der Waals surface area contributed by atoms with E-state index >= 15 is 0 Å². The smallest absolute Gasteiger partial charge is 0.269 e. The molecule has 160 valence electrons. The van der Waals surface area contributed by atoms with E-state index < -0.39 is 10.8 Å². The number of carbonyl (C=O) groups is 2. The van der Waals surface area contributed by atoms with Gasteiger partial charge in [0.05, 0.1) is 15.6 Å². The molecule has 0 radical (unpaired) electrons. The molecule has 8 heteroatoms. The summed E-state index contributed by atoms with van der Waals surface area (Å²) >= 11 is 12.5. The standard InChI is InChI=1S/C23H20Cl2N2O4/c1-23(2)11-19-22(20(28)12-23)16(13-3-6-15(7-4-13)27(30)31)10-21(29)26(19)18-8-5-14(24)9-17(18)25/h3-9,16H,10-12H2,1-2H3. The minimum atomic E-state index is -0.473. The number of nitrogens with zero attached hydrogens (tertiary/aromatic N) is 2. The van der Waals surface area contributed by atoms with Gasteiger partial charge in [-0.2, -0.15) is 0 Å². The van der Waals surface area contributed by atoms with Crippen LogP contribution in [0.3, 0.4) is 0 Å². The molecule has 2 aromatic rings. The number of nitro benzene ring substituents is 1. The summed E-state index contributed by atoms with van der Waals surface area (Å²) in [6.07, 6.45) is 0.968. The van der Waals surface area contributed by atoms with Crippen LogP contribution in [0, 0.1) is 15.5 Å². The Labute approximate surface area is 189 Å². The number of rotatable bonds is 3. The van der Waals surface area contributed by atoms with E-state index in [1.807, 2.05) is 13.8 Å². The Morgan fingerprint density at radius 3 is 2.35 bits per heavy atom. The van der Waals surface area contributed by atoms with Gasteiger partial charge < -0.3 is 0 Å². The lowest BCUT2D eigenvalue weighted by Gasteiger charge is -2.43. The lowest BCUT2D eigenvalue weighted by Crippen LogP contribution is -2.43. The Morgan fingerprint density at radius 2 is 1.74 bits per heavy atom. The third kappa shape index (κ3) is 3.98. The zero-order valence-corrected chi connectivity index (χ0v) is 18.5. The van der Waals surface area contributed by atoms with Crippen LogP contribution in [0.25, 0.3) is 0 Å². The van der Waals surface area contributed by atoms with Crippen LogP contribution >= 0.6 is 23.2 Å². The van der Waals surface area contributed by atoms with Crippen molar-refractivity contribution in [1.29, 1.82) is 0 Å². The maximum absolute atomic E-state index is 13.3. The number of allylic oxidation sites excluding steroid dienone is 2. The summed E-state index contributed by atoms with van der Waals surface area (Å²) in [6.45, 7) is 3.99. The van der Waals surface area contributed by atoms with Gasteiger partial charge in [-0.1, -0.05) is 49.2 Å². The molecular formula is C23H20Cl2N2O4. The van der Waals surface area contributed by atoms with Crippen molar-refractivity contribution in [3.63, 3.8) is 0 Å². The van der Waals surface area contributed by atoms with Gasteiger partial charge in [0.2, 0.25) is 5.91 Å². The third-order valence-electron chi connectivity index (χ3n) is 5.80. The lowest BCUT2D eigenvalue weighted by atomic mass is 9.69. The molecule has 1 atom stereocenters. The molecule has 4 rings (SSSR count). The van der Waals surface area contributed by atoms with E-state index in [4.69, 9.17) is 23.2 Å². The van der Waals surface area contributed by atoms with Crippen LogP contribution in [0.1, 0.15) is 44.6 Å².